The smallest absolute Gasteiger partial charge is 0.263 e. The first kappa shape index (κ1) is 20.1. The molecule has 0 spiro atoms. The van der Waals surface area contributed by atoms with Crippen molar-refractivity contribution in [1.29, 1.82) is 0 Å². The molecule has 152 valence electrons. The van der Waals surface area contributed by atoms with Crippen LogP contribution in [-0.4, -0.2) is 38.7 Å². The molecule has 8 heteroatoms. The van der Waals surface area contributed by atoms with Gasteiger partial charge in [-0.05, 0) is 38.4 Å². The fourth-order valence-electron chi connectivity index (χ4n) is 3.63. The summed E-state index contributed by atoms with van der Waals surface area (Å²) in [6.07, 6.45) is 0.814. The van der Waals surface area contributed by atoms with E-state index in [1.165, 1.54) is 16.6 Å². The SMILES string of the molecule is CN1Cc2sc3nc(SCC(N)=O)n(Cc4ccccc4)c(=O)c3c2CC1(C)C. The van der Waals surface area contributed by atoms with Crippen LogP contribution >= 0.6 is 23.1 Å². The zero-order valence-corrected chi connectivity index (χ0v) is 18.4. The van der Waals surface area contributed by atoms with E-state index in [1.807, 2.05) is 30.3 Å². The van der Waals surface area contributed by atoms with Crippen LogP contribution in [0.1, 0.15) is 29.9 Å². The molecule has 0 saturated carbocycles. The maximum atomic E-state index is 13.6. The number of rotatable bonds is 5. The van der Waals surface area contributed by atoms with Gasteiger partial charge < -0.3 is 5.73 Å². The summed E-state index contributed by atoms with van der Waals surface area (Å²) >= 11 is 2.81. The van der Waals surface area contributed by atoms with E-state index in [9.17, 15) is 9.59 Å². The first-order valence-electron chi connectivity index (χ1n) is 9.47. The van der Waals surface area contributed by atoms with E-state index in [0.29, 0.717) is 11.7 Å². The molecule has 3 heterocycles. The Morgan fingerprint density at radius 2 is 2.03 bits per heavy atom. The van der Waals surface area contributed by atoms with E-state index in [-0.39, 0.29) is 16.9 Å². The van der Waals surface area contributed by atoms with Crippen LogP contribution in [0.2, 0.25) is 0 Å². The van der Waals surface area contributed by atoms with Crippen molar-refractivity contribution in [3.05, 3.63) is 56.7 Å². The number of carbonyl (C=O) groups excluding carboxylic acids is 1. The Bertz CT molecular complexity index is 1140. The van der Waals surface area contributed by atoms with Gasteiger partial charge in [0.2, 0.25) is 5.91 Å². The van der Waals surface area contributed by atoms with Crippen LogP contribution in [0.4, 0.5) is 0 Å². The Labute approximate surface area is 177 Å². The number of nitrogens with two attached hydrogens (primary N) is 1. The van der Waals surface area contributed by atoms with Gasteiger partial charge in [0.15, 0.2) is 5.16 Å². The van der Waals surface area contributed by atoms with Crippen molar-refractivity contribution < 1.29 is 4.79 Å². The first-order chi connectivity index (χ1) is 13.8. The van der Waals surface area contributed by atoms with Crippen molar-refractivity contribution in [2.75, 3.05) is 12.8 Å². The number of likely N-dealkylation sites (N-methyl/N-ethyl adjacent to an activating group) is 1. The van der Waals surface area contributed by atoms with E-state index >= 15 is 0 Å². The molecule has 3 aromatic rings. The number of benzene rings is 1. The third-order valence-corrected chi connectivity index (χ3v) is 7.62. The summed E-state index contributed by atoms with van der Waals surface area (Å²) in [5.74, 6) is -0.336. The topological polar surface area (TPSA) is 81.2 Å². The summed E-state index contributed by atoms with van der Waals surface area (Å²) in [6.45, 7) is 5.63. The minimum atomic E-state index is -0.426. The Morgan fingerprint density at radius 3 is 2.72 bits per heavy atom. The second-order valence-electron chi connectivity index (χ2n) is 8.06. The predicted molar refractivity (Wildman–Crippen MR) is 119 cm³/mol. The first-order valence-corrected chi connectivity index (χ1v) is 11.3. The lowest BCUT2D eigenvalue weighted by Gasteiger charge is -2.39. The largest absolute Gasteiger partial charge is 0.369 e. The molecule has 0 radical (unpaired) electrons. The van der Waals surface area contributed by atoms with Gasteiger partial charge in [-0.15, -0.1) is 11.3 Å². The quantitative estimate of drug-likeness (QED) is 0.499. The number of hydrogen-bond donors (Lipinski definition) is 1. The maximum Gasteiger partial charge on any atom is 0.263 e. The summed E-state index contributed by atoms with van der Waals surface area (Å²) in [5.41, 5.74) is 7.42. The molecule has 2 N–H and O–H groups in total. The monoisotopic (exact) mass is 428 g/mol. The number of amides is 1. The summed E-state index contributed by atoms with van der Waals surface area (Å²) in [4.78, 5) is 34.0. The number of thioether (sulfide) groups is 1. The Morgan fingerprint density at radius 1 is 1.31 bits per heavy atom. The van der Waals surface area contributed by atoms with Crippen LogP contribution in [0.15, 0.2) is 40.3 Å². The van der Waals surface area contributed by atoms with Crippen molar-refractivity contribution in [3.63, 3.8) is 0 Å². The second kappa shape index (κ2) is 7.59. The fraction of sp³-hybridized carbons (Fsp3) is 0.381. The lowest BCUT2D eigenvalue weighted by atomic mass is 9.88. The highest BCUT2D eigenvalue weighted by atomic mass is 32.2. The molecule has 6 nitrogen and oxygen atoms in total. The molecule has 2 aromatic heterocycles. The fourth-order valence-corrected chi connectivity index (χ4v) is 5.65. The van der Waals surface area contributed by atoms with Crippen LogP contribution in [-0.2, 0) is 24.3 Å². The molecule has 1 aromatic carbocycles. The van der Waals surface area contributed by atoms with Gasteiger partial charge in [-0.2, -0.15) is 0 Å². The van der Waals surface area contributed by atoms with E-state index in [0.717, 1.165) is 34.3 Å². The highest BCUT2D eigenvalue weighted by Crippen LogP contribution is 2.38. The maximum absolute atomic E-state index is 13.6. The molecule has 1 aliphatic rings. The van der Waals surface area contributed by atoms with Gasteiger partial charge >= 0.3 is 0 Å². The third kappa shape index (κ3) is 3.84. The minimum Gasteiger partial charge on any atom is -0.369 e. The molecule has 29 heavy (non-hydrogen) atoms. The molecule has 1 aliphatic heterocycles. The molecule has 0 bridgehead atoms. The number of nitrogens with zero attached hydrogens (tertiary/aromatic N) is 3. The van der Waals surface area contributed by atoms with Gasteiger partial charge in [0.1, 0.15) is 4.83 Å². The summed E-state index contributed by atoms with van der Waals surface area (Å²) in [7, 11) is 2.11. The van der Waals surface area contributed by atoms with Gasteiger partial charge in [0.25, 0.3) is 5.56 Å². The molecular formula is C21H24N4O2S2. The minimum absolute atomic E-state index is 0.0168. The number of primary amides is 1. The van der Waals surface area contributed by atoms with Gasteiger partial charge in [-0.25, -0.2) is 4.98 Å². The van der Waals surface area contributed by atoms with Crippen LogP contribution in [0.3, 0.4) is 0 Å². The van der Waals surface area contributed by atoms with Gasteiger partial charge in [-0.3, -0.25) is 19.1 Å². The highest BCUT2D eigenvalue weighted by Gasteiger charge is 2.34. The average molecular weight is 429 g/mol. The molecule has 1 amide bonds. The molecule has 0 saturated heterocycles. The second-order valence-corrected chi connectivity index (χ2v) is 10.1. The van der Waals surface area contributed by atoms with Crippen molar-refractivity contribution in [2.45, 2.75) is 44.1 Å². The third-order valence-electron chi connectivity index (χ3n) is 5.51. The Hall–Kier alpha value is -2.16. The van der Waals surface area contributed by atoms with Crippen LogP contribution in [0.5, 0.6) is 0 Å². The number of hydrogen-bond acceptors (Lipinski definition) is 6. The van der Waals surface area contributed by atoms with Crippen molar-refractivity contribution in [3.8, 4) is 0 Å². The van der Waals surface area contributed by atoms with E-state index in [1.54, 1.807) is 15.9 Å². The van der Waals surface area contributed by atoms with Crippen LogP contribution in [0, 0.1) is 0 Å². The van der Waals surface area contributed by atoms with Crippen LogP contribution < -0.4 is 11.3 Å². The zero-order chi connectivity index (χ0) is 20.8. The lowest BCUT2D eigenvalue weighted by Crippen LogP contribution is -2.45. The average Bonchev–Trinajstić information content (AvgIpc) is 3.00. The van der Waals surface area contributed by atoms with Crippen LogP contribution in [0.25, 0.3) is 10.2 Å². The number of thiophene rings is 1. The van der Waals surface area contributed by atoms with Crippen molar-refractivity contribution >= 4 is 39.2 Å². The van der Waals surface area contributed by atoms with Crippen molar-refractivity contribution in [2.24, 2.45) is 5.73 Å². The summed E-state index contributed by atoms with van der Waals surface area (Å²) in [6, 6.07) is 9.83. The Balaban J connectivity index is 1.88. The number of carbonyl (C=O) groups is 1. The molecule has 4 rings (SSSR count). The van der Waals surface area contributed by atoms with Gasteiger partial charge in [0.05, 0.1) is 17.7 Å². The zero-order valence-electron chi connectivity index (χ0n) is 16.8. The Kier molecular flexibility index (Phi) is 5.27. The van der Waals surface area contributed by atoms with Crippen molar-refractivity contribution in [1.82, 2.24) is 14.5 Å². The van der Waals surface area contributed by atoms with Gasteiger partial charge in [-0.1, -0.05) is 42.1 Å². The number of aromatic nitrogens is 2. The standard InChI is InChI=1S/C21H24N4O2S2/c1-21(2)9-14-15(11-24(21)3)29-18-17(14)19(27)25(10-13-7-5-4-6-8-13)20(23-18)28-12-16(22)26/h4-8H,9-12H2,1-3H3,(H2,22,26). The molecule has 0 fully saturated rings. The van der Waals surface area contributed by atoms with E-state index < -0.39 is 5.91 Å². The lowest BCUT2D eigenvalue weighted by molar-refractivity contribution is -0.115. The number of fused-ring (bicyclic) bond motifs is 3. The van der Waals surface area contributed by atoms with Gasteiger partial charge in [0, 0.05) is 17.0 Å². The molecular weight excluding hydrogens is 404 g/mol. The highest BCUT2D eigenvalue weighted by molar-refractivity contribution is 7.99. The summed E-state index contributed by atoms with van der Waals surface area (Å²) in [5, 5.41) is 1.27. The molecule has 0 unspecified atom stereocenters. The molecule has 0 atom stereocenters. The van der Waals surface area contributed by atoms with E-state index in [4.69, 9.17) is 10.7 Å². The normalized spacial score (nSPS) is 16.1. The van der Waals surface area contributed by atoms with E-state index in [2.05, 4.69) is 25.8 Å². The predicted octanol–water partition coefficient (Wildman–Crippen LogP) is 2.85. The molecule has 0 aliphatic carbocycles. The summed E-state index contributed by atoms with van der Waals surface area (Å²) < 4.78 is 1.68.